The first-order chi connectivity index (χ1) is 11.8. The average Bonchev–Trinajstić information content (AvgIpc) is 2.61. The van der Waals surface area contributed by atoms with Crippen LogP contribution < -0.4 is 10.3 Å². The van der Waals surface area contributed by atoms with Crippen LogP contribution in [0.5, 0.6) is 5.75 Å². The number of nitrogens with zero attached hydrogens (tertiary/aromatic N) is 3. The molecule has 0 aliphatic carbocycles. The number of likely N-dealkylation sites (tertiary alicyclic amines) is 1. The van der Waals surface area contributed by atoms with Crippen LogP contribution in [0.4, 0.5) is 0 Å². The third-order valence-corrected chi connectivity index (χ3v) is 5.08. The van der Waals surface area contributed by atoms with E-state index in [4.69, 9.17) is 4.74 Å². The molecule has 0 aromatic carbocycles. The zero-order valence-electron chi connectivity index (χ0n) is 13.8. The molecule has 5 nitrogen and oxygen atoms in total. The number of ether oxygens (including phenoxy) is 1. The summed E-state index contributed by atoms with van der Waals surface area (Å²) in [4.78, 5) is 18.6. The Hall–Kier alpha value is -2.14. The fraction of sp³-hybridized carbons (Fsp3) is 0.474. The monoisotopic (exact) mass is 325 g/mol. The summed E-state index contributed by atoms with van der Waals surface area (Å²) < 4.78 is 7.72. The molecule has 5 heteroatoms. The van der Waals surface area contributed by atoms with E-state index in [2.05, 4.69) is 16.0 Å². The van der Waals surface area contributed by atoms with E-state index in [0.29, 0.717) is 18.4 Å². The lowest BCUT2D eigenvalue weighted by molar-refractivity contribution is 0.114. The highest BCUT2D eigenvalue weighted by atomic mass is 16.5. The molecule has 0 amide bonds. The summed E-state index contributed by atoms with van der Waals surface area (Å²) in [5.41, 5.74) is 1.37. The summed E-state index contributed by atoms with van der Waals surface area (Å²) in [5.74, 6) is 1.92. The minimum absolute atomic E-state index is 0.153. The lowest BCUT2D eigenvalue weighted by Crippen LogP contribution is -2.47. The van der Waals surface area contributed by atoms with E-state index in [9.17, 15) is 4.79 Å². The minimum atomic E-state index is 0.153. The molecule has 0 unspecified atom stereocenters. The number of aromatic nitrogens is 2. The lowest BCUT2D eigenvalue weighted by Gasteiger charge is -2.42. The van der Waals surface area contributed by atoms with Gasteiger partial charge < -0.3 is 14.2 Å². The van der Waals surface area contributed by atoms with Crippen molar-refractivity contribution in [3.63, 3.8) is 0 Å². The van der Waals surface area contributed by atoms with E-state index in [0.717, 1.165) is 38.3 Å². The fourth-order valence-electron chi connectivity index (χ4n) is 4.09. The van der Waals surface area contributed by atoms with Crippen molar-refractivity contribution >= 4 is 0 Å². The van der Waals surface area contributed by atoms with E-state index >= 15 is 0 Å². The molecule has 0 radical (unpaired) electrons. The number of hydrogen-bond donors (Lipinski definition) is 0. The molecule has 2 aliphatic rings. The van der Waals surface area contributed by atoms with Crippen LogP contribution in [0.1, 0.15) is 24.5 Å². The van der Waals surface area contributed by atoms with Crippen LogP contribution in [-0.2, 0) is 6.54 Å². The summed E-state index contributed by atoms with van der Waals surface area (Å²) in [7, 11) is 0. The molecule has 0 spiro atoms. The molecule has 0 N–H and O–H groups in total. The van der Waals surface area contributed by atoms with Crippen LogP contribution in [0.2, 0.25) is 0 Å². The van der Waals surface area contributed by atoms with Gasteiger partial charge in [-0.1, -0.05) is 6.07 Å². The van der Waals surface area contributed by atoms with Crippen LogP contribution >= 0.6 is 0 Å². The summed E-state index contributed by atoms with van der Waals surface area (Å²) >= 11 is 0. The van der Waals surface area contributed by atoms with Crippen molar-refractivity contribution in [3.8, 4) is 5.75 Å². The van der Waals surface area contributed by atoms with Crippen molar-refractivity contribution in [1.29, 1.82) is 0 Å². The maximum atomic E-state index is 12.0. The van der Waals surface area contributed by atoms with Crippen molar-refractivity contribution in [1.82, 2.24) is 14.5 Å². The largest absolute Gasteiger partial charge is 0.492 e. The second-order valence-electron chi connectivity index (χ2n) is 6.85. The van der Waals surface area contributed by atoms with Crippen molar-refractivity contribution in [3.05, 3.63) is 58.8 Å². The Morgan fingerprint density at radius 3 is 3.00 bits per heavy atom. The maximum absolute atomic E-state index is 12.0. The van der Waals surface area contributed by atoms with Gasteiger partial charge in [0.1, 0.15) is 5.75 Å². The third kappa shape index (κ3) is 3.22. The molecule has 24 heavy (non-hydrogen) atoms. The summed E-state index contributed by atoms with van der Waals surface area (Å²) in [5, 5.41) is 0. The van der Waals surface area contributed by atoms with Gasteiger partial charge in [-0.15, -0.1) is 0 Å². The Balaban J connectivity index is 1.32. The lowest BCUT2D eigenvalue weighted by atomic mass is 9.83. The van der Waals surface area contributed by atoms with Gasteiger partial charge in [-0.3, -0.25) is 9.78 Å². The van der Waals surface area contributed by atoms with Crippen molar-refractivity contribution in [2.24, 2.45) is 5.92 Å². The maximum Gasteiger partial charge on any atom is 0.250 e. The van der Waals surface area contributed by atoms with Gasteiger partial charge in [0.2, 0.25) is 0 Å². The van der Waals surface area contributed by atoms with Crippen molar-refractivity contribution < 1.29 is 4.74 Å². The number of fused-ring (bicyclic) bond motifs is 4. The van der Waals surface area contributed by atoms with E-state index in [1.54, 1.807) is 18.5 Å². The van der Waals surface area contributed by atoms with Gasteiger partial charge in [0.05, 0.1) is 12.8 Å². The Morgan fingerprint density at radius 2 is 2.12 bits per heavy atom. The molecule has 4 heterocycles. The number of piperidine rings is 1. The number of pyridine rings is 2. The zero-order valence-corrected chi connectivity index (χ0v) is 13.8. The molecule has 126 valence electrons. The molecule has 0 saturated carbocycles. The first-order valence-electron chi connectivity index (χ1n) is 8.74. The van der Waals surface area contributed by atoms with Gasteiger partial charge in [-0.25, -0.2) is 0 Å². The predicted octanol–water partition coefficient (Wildman–Crippen LogP) is 2.13. The van der Waals surface area contributed by atoms with Crippen molar-refractivity contribution in [2.75, 3.05) is 26.2 Å². The third-order valence-electron chi connectivity index (χ3n) is 5.08. The predicted molar refractivity (Wildman–Crippen MR) is 92.3 cm³/mol. The molecule has 1 saturated heterocycles. The molecule has 2 aliphatic heterocycles. The van der Waals surface area contributed by atoms with Gasteiger partial charge >= 0.3 is 0 Å². The van der Waals surface area contributed by atoms with E-state index < -0.39 is 0 Å². The van der Waals surface area contributed by atoms with Crippen LogP contribution in [0, 0.1) is 5.92 Å². The average molecular weight is 325 g/mol. The van der Waals surface area contributed by atoms with Crippen LogP contribution in [0.15, 0.2) is 47.5 Å². The SMILES string of the molecule is O=c1cccc2n1C[C@H]1C[C@@H]2CN(CCCOc2cccnc2)C1. The van der Waals surface area contributed by atoms with Gasteiger partial charge in [-0.2, -0.15) is 0 Å². The number of rotatable bonds is 5. The highest BCUT2D eigenvalue weighted by Crippen LogP contribution is 2.34. The Labute approximate surface area is 141 Å². The smallest absolute Gasteiger partial charge is 0.250 e. The Morgan fingerprint density at radius 1 is 1.17 bits per heavy atom. The topological polar surface area (TPSA) is 47.4 Å². The highest BCUT2D eigenvalue weighted by Gasteiger charge is 2.33. The van der Waals surface area contributed by atoms with E-state index in [1.165, 1.54) is 12.1 Å². The van der Waals surface area contributed by atoms with E-state index in [-0.39, 0.29) is 5.56 Å². The molecule has 4 rings (SSSR count). The molecular weight excluding hydrogens is 302 g/mol. The Bertz CT molecular complexity index is 744. The van der Waals surface area contributed by atoms with Crippen LogP contribution in [-0.4, -0.2) is 40.7 Å². The van der Waals surface area contributed by atoms with E-state index in [1.807, 2.05) is 22.8 Å². The molecular formula is C19H23N3O2. The summed E-state index contributed by atoms with van der Waals surface area (Å²) in [6.07, 6.45) is 5.73. The quantitative estimate of drug-likeness (QED) is 0.790. The molecule has 2 bridgehead atoms. The van der Waals surface area contributed by atoms with Crippen molar-refractivity contribution in [2.45, 2.75) is 25.3 Å². The standard InChI is InChI=1S/C19H23N3O2/c23-19-6-1-5-18-16-10-15(13-22(18)19)12-21(14-16)8-3-9-24-17-4-2-7-20-11-17/h1-2,4-7,11,15-16H,3,8-10,12-14H2/t15-,16+/m0/s1. The van der Waals surface area contributed by atoms with Gasteiger partial charge in [-0.05, 0) is 37.0 Å². The molecule has 2 aromatic heterocycles. The van der Waals surface area contributed by atoms with Gasteiger partial charge in [0.25, 0.3) is 5.56 Å². The molecule has 1 fully saturated rings. The summed E-state index contributed by atoms with van der Waals surface area (Å²) in [6, 6.07) is 9.53. The van der Waals surface area contributed by atoms with Gasteiger partial charge in [0, 0.05) is 50.1 Å². The molecule has 2 atom stereocenters. The zero-order chi connectivity index (χ0) is 16.4. The van der Waals surface area contributed by atoms with Crippen LogP contribution in [0.3, 0.4) is 0 Å². The van der Waals surface area contributed by atoms with Gasteiger partial charge in [0.15, 0.2) is 0 Å². The minimum Gasteiger partial charge on any atom is -0.492 e. The normalized spacial score (nSPS) is 22.8. The second-order valence-corrected chi connectivity index (χ2v) is 6.85. The number of hydrogen-bond acceptors (Lipinski definition) is 4. The van der Waals surface area contributed by atoms with Crippen LogP contribution in [0.25, 0.3) is 0 Å². The second kappa shape index (κ2) is 6.77. The first kappa shape index (κ1) is 15.4. The summed E-state index contributed by atoms with van der Waals surface area (Å²) in [6.45, 7) is 4.77. The highest BCUT2D eigenvalue weighted by molar-refractivity contribution is 5.17. The first-order valence-corrected chi connectivity index (χ1v) is 8.74. The molecule has 2 aromatic rings. The fourth-order valence-corrected chi connectivity index (χ4v) is 4.09. The Kier molecular flexibility index (Phi) is 4.34.